The first kappa shape index (κ1) is 15.4. The number of hydrogen-bond acceptors (Lipinski definition) is 3. The van der Waals surface area contributed by atoms with Gasteiger partial charge in [0.25, 0.3) is 0 Å². The number of aromatic carboxylic acids is 1. The van der Waals surface area contributed by atoms with Gasteiger partial charge >= 0.3 is 12.1 Å². The first-order chi connectivity index (χ1) is 10.5. The van der Waals surface area contributed by atoms with Crippen LogP contribution < -0.4 is 5.32 Å². The molecule has 22 heavy (non-hydrogen) atoms. The fourth-order valence-electron chi connectivity index (χ4n) is 1.68. The Bertz CT molecular complexity index is 704. The molecule has 0 aliphatic carbocycles. The lowest BCUT2D eigenvalue weighted by Gasteiger charge is -2.09. The first-order valence-electron chi connectivity index (χ1n) is 6.17. The maximum absolute atomic E-state index is 13.6. The van der Waals surface area contributed by atoms with Crippen molar-refractivity contribution in [2.24, 2.45) is 0 Å². The smallest absolute Gasteiger partial charge is 0.412 e. The highest BCUT2D eigenvalue weighted by Crippen LogP contribution is 2.20. The number of carbonyl (C=O) groups is 2. The number of carboxylic acids is 1. The second-order valence-electron chi connectivity index (χ2n) is 4.30. The van der Waals surface area contributed by atoms with E-state index in [-0.39, 0.29) is 6.61 Å². The summed E-state index contributed by atoms with van der Waals surface area (Å²) in [6, 6.07) is 9.86. The van der Waals surface area contributed by atoms with Crippen molar-refractivity contribution < 1.29 is 28.2 Å². The molecule has 0 aliphatic rings. The van der Waals surface area contributed by atoms with Gasteiger partial charge < -0.3 is 9.84 Å². The fraction of sp³-hybridized carbons (Fsp3) is 0.0667. The minimum atomic E-state index is -1.60. The van der Waals surface area contributed by atoms with Crippen LogP contribution in [0.4, 0.5) is 19.3 Å². The van der Waals surface area contributed by atoms with Crippen molar-refractivity contribution in [2.75, 3.05) is 5.32 Å². The van der Waals surface area contributed by atoms with E-state index in [1.54, 1.807) is 30.3 Å². The Morgan fingerprint density at radius 3 is 2.41 bits per heavy atom. The number of halogens is 2. The summed E-state index contributed by atoms with van der Waals surface area (Å²) in [5.74, 6) is -3.84. The monoisotopic (exact) mass is 307 g/mol. The first-order valence-corrected chi connectivity index (χ1v) is 6.17. The molecule has 0 aliphatic heterocycles. The Labute approximate surface area is 124 Å². The van der Waals surface area contributed by atoms with Crippen LogP contribution >= 0.6 is 0 Å². The van der Waals surface area contributed by atoms with Crippen molar-refractivity contribution in [1.29, 1.82) is 0 Å². The number of ether oxygens (including phenoxy) is 1. The third-order valence-electron chi connectivity index (χ3n) is 2.74. The summed E-state index contributed by atoms with van der Waals surface area (Å²) in [6.07, 6.45) is -0.981. The van der Waals surface area contributed by atoms with Crippen molar-refractivity contribution >= 4 is 17.7 Å². The molecular weight excluding hydrogens is 296 g/mol. The highest BCUT2D eigenvalue weighted by molar-refractivity contribution is 5.90. The summed E-state index contributed by atoms with van der Waals surface area (Å²) in [6.45, 7) is -0.0377. The number of nitrogens with one attached hydrogen (secondary N) is 1. The number of carboxylic acid groups (broad SMARTS) is 1. The number of carbonyl (C=O) groups excluding carboxylic acids is 1. The van der Waals surface area contributed by atoms with Crippen LogP contribution in [-0.2, 0) is 11.3 Å². The fourth-order valence-corrected chi connectivity index (χ4v) is 1.68. The van der Waals surface area contributed by atoms with Crippen LogP contribution in [0.2, 0.25) is 0 Å². The second-order valence-corrected chi connectivity index (χ2v) is 4.30. The standard InChI is InChI=1S/C15H11F2NO4/c16-11-7-13(12(17)6-10(11)14(19)20)18-15(21)22-8-9-4-2-1-3-5-9/h1-7H,8H2,(H,18,21)(H,19,20). The number of amides is 1. The minimum absolute atomic E-state index is 0.0377. The maximum Gasteiger partial charge on any atom is 0.412 e. The van der Waals surface area contributed by atoms with Crippen molar-refractivity contribution in [1.82, 2.24) is 0 Å². The Kier molecular flexibility index (Phi) is 4.67. The molecule has 2 rings (SSSR count). The summed E-state index contributed by atoms with van der Waals surface area (Å²) in [5.41, 5.74) is -0.591. The van der Waals surface area contributed by atoms with Crippen LogP contribution in [0.3, 0.4) is 0 Å². The number of benzene rings is 2. The molecule has 0 saturated carbocycles. The van der Waals surface area contributed by atoms with Gasteiger partial charge in [0.05, 0.1) is 11.3 Å². The van der Waals surface area contributed by atoms with Crippen LogP contribution in [0.5, 0.6) is 0 Å². The number of hydrogen-bond donors (Lipinski definition) is 2. The molecule has 0 atom stereocenters. The number of anilines is 1. The Morgan fingerprint density at radius 1 is 1.09 bits per heavy atom. The summed E-state index contributed by atoms with van der Waals surface area (Å²) >= 11 is 0. The molecule has 5 nitrogen and oxygen atoms in total. The van der Waals surface area contributed by atoms with Crippen LogP contribution in [0, 0.1) is 11.6 Å². The molecule has 114 valence electrons. The van der Waals surface area contributed by atoms with Gasteiger partial charge in [-0.1, -0.05) is 30.3 Å². The van der Waals surface area contributed by atoms with Gasteiger partial charge in [-0.05, 0) is 11.6 Å². The van der Waals surface area contributed by atoms with E-state index in [4.69, 9.17) is 9.84 Å². The molecule has 0 saturated heterocycles. The van der Waals surface area contributed by atoms with Gasteiger partial charge in [-0.15, -0.1) is 0 Å². The molecule has 0 spiro atoms. The summed E-state index contributed by atoms with van der Waals surface area (Å²) in [7, 11) is 0. The second kappa shape index (κ2) is 6.66. The maximum atomic E-state index is 13.6. The summed E-state index contributed by atoms with van der Waals surface area (Å²) in [5, 5.41) is 10.7. The van der Waals surface area contributed by atoms with Crippen LogP contribution in [-0.4, -0.2) is 17.2 Å². The highest BCUT2D eigenvalue weighted by atomic mass is 19.1. The van der Waals surface area contributed by atoms with Gasteiger partial charge in [0.2, 0.25) is 0 Å². The topological polar surface area (TPSA) is 75.6 Å². The summed E-state index contributed by atoms with van der Waals surface area (Å²) < 4.78 is 31.9. The van der Waals surface area contributed by atoms with Gasteiger partial charge in [-0.3, -0.25) is 5.32 Å². The average Bonchev–Trinajstić information content (AvgIpc) is 2.49. The van der Waals surface area contributed by atoms with Crippen molar-refractivity contribution in [3.05, 3.63) is 65.2 Å². The lowest BCUT2D eigenvalue weighted by molar-refractivity contribution is 0.0691. The van der Waals surface area contributed by atoms with E-state index >= 15 is 0 Å². The third kappa shape index (κ3) is 3.78. The van der Waals surface area contributed by atoms with E-state index in [2.05, 4.69) is 0 Å². The zero-order valence-electron chi connectivity index (χ0n) is 11.2. The van der Waals surface area contributed by atoms with Gasteiger partial charge in [0.1, 0.15) is 18.2 Å². The van der Waals surface area contributed by atoms with Gasteiger partial charge in [0.15, 0.2) is 0 Å². The quantitative estimate of drug-likeness (QED) is 0.907. The van der Waals surface area contributed by atoms with E-state index in [1.807, 2.05) is 5.32 Å². The predicted octanol–water partition coefficient (Wildman–Crippen LogP) is 3.41. The molecule has 2 N–H and O–H groups in total. The normalized spacial score (nSPS) is 10.1. The lowest BCUT2D eigenvalue weighted by atomic mass is 10.2. The zero-order chi connectivity index (χ0) is 16.1. The molecule has 0 unspecified atom stereocenters. The van der Waals surface area contributed by atoms with Crippen LogP contribution in [0.25, 0.3) is 0 Å². The molecule has 0 radical (unpaired) electrons. The highest BCUT2D eigenvalue weighted by Gasteiger charge is 2.16. The molecule has 0 fully saturated rings. The largest absolute Gasteiger partial charge is 0.478 e. The van der Waals surface area contributed by atoms with E-state index in [9.17, 15) is 18.4 Å². The van der Waals surface area contributed by atoms with Gasteiger partial charge in [-0.2, -0.15) is 0 Å². The number of rotatable bonds is 4. The Balaban J connectivity index is 2.02. The predicted molar refractivity (Wildman–Crippen MR) is 73.6 cm³/mol. The Morgan fingerprint density at radius 2 is 1.77 bits per heavy atom. The van der Waals surface area contributed by atoms with Crippen LogP contribution in [0.15, 0.2) is 42.5 Å². The van der Waals surface area contributed by atoms with Crippen molar-refractivity contribution in [2.45, 2.75) is 6.61 Å². The lowest BCUT2D eigenvalue weighted by Crippen LogP contribution is -2.15. The van der Waals surface area contributed by atoms with E-state index < -0.39 is 34.9 Å². The van der Waals surface area contributed by atoms with Crippen molar-refractivity contribution in [3.8, 4) is 0 Å². The Hall–Kier alpha value is -2.96. The van der Waals surface area contributed by atoms with E-state index in [0.717, 1.165) is 5.56 Å². The molecular formula is C15H11F2NO4. The molecule has 0 bridgehead atoms. The van der Waals surface area contributed by atoms with Gasteiger partial charge in [-0.25, -0.2) is 18.4 Å². The summed E-state index contributed by atoms with van der Waals surface area (Å²) in [4.78, 5) is 22.2. The average molecular weight is 307 g/mol. The molecule has 1 amide bonds. The van der Waals surface area contributed by atoms with Crippen molar-refractivity contribution in [3.63, 3.8) is 0 Å². The van der Waals surface area contributed by atoms with E-state index in [0.29, 0.717) is 12.1 Å². The molecule has 2 aromatic rings. The third-order valence-corrected chi connectivity index (χ3v) is 2.74. The minimum Gasteiger partial charge on any atom is -0.478 e. The molecule has 2 aromatic carbocycles. The van der Waals surface area contributed by atoms with Gasteiger partial charge in [0, 0.05) is 6.07 Å². The van der Waals surface area contributed by atoms with E-state index in [1.165, 1.54) is 0 Å². The zero-order valence-corrected chi connectivity index (χ0v) is 11.2. The molecule has 0 aromatic heterocycles. The molecule has 7 heteroatoms. The SMILES string of the molecule is O=C(Nc1cc(F)c(C(=O)O)cc1F)OCc1ccccc1. The van der Waals surface area contributed by atoms with Crippen LogP contribution in [0.1, 0.15) is 15.9 Å². The molecule has 0 heterocycles.